The molecule has 1 amide bonds. The number of carbonyl (C=O) groups is 2. The number of hydrogen-bond acceptors (Lipinski definition) is 5. The van der Waals surface area contributed by atoms with Gasteiger partial charge in [-0.05, 0) is 38.1 Å². The molecule has 2 atom stereocenters. The molecule has 1 fully saturated rings. The number of allylic oxidation sites excluding steroid dienone is 2. The molecule has 7 nitrogen and oxygen atoms in total. The van der Waals surface area contributed by atoms with Crippen molar-refractivity contribution in [3.8, 4) is 0 Å². The summed E-state index contributed by atoms with van der Waals surface area (Å²) in [5.41, 5.74) is 2.11. The lowest BCUT2D eigenvalue weighted by atomic mass is 9.76. The SMILES string of the molecule is CC1=C(C)C[C@H](C(=O)N2CCN(S(=O)(=O)c3cccs3)CC2)[C@@H](C(=O)O)C1. The second-order valence-corrected chi connectivity index (χ2v) is 10.3. The fraction of sp³-hybridized carbons (Fsp3) is 0.556. The third-order valence-corrected chi connectivity index (χ3v) is 8.81. The standard InChI is InChI=1S/C18H24N2O5S2/c1-12-10-14(15(18(22)23)11-13(12)2)17(21)19-5-7-20(8-6-19)27(24,25)16-4-3-9-26-16/h3-4,9,14-15H,5-8,10-11H2,1-2H3,(H,22,23)/t14-,15-/m0/s1. The number of carbonyl (C=O) groups excluding carboxylic acids is 1. The van der Waals surface area contributed by atoms with Crippen LogP contribution in [-0.4, -0.2) is 60.8 Å². The Morgan fingerprint density at radius 2 is 1.67 bits per heavy atom. The average molecular weight is 413 g/mol. The van der Waals surface area contributed by atoms with Gasteiger partial charge in [-0.2, -0.15) is 4.31 Å². The Hall–Kier alpha value is -1.71. The van der Waals surface area contributed by atoms with Crippen molar-refractivity contribution in [3.63, 3.8) is 0 Å². The van der Waals surface area contributed by atoms with Gasteiger partial charge in [-0.15, -0.1) is 11.3 Å². The number of carboxylic acids is 1. The van der Waals surface area contributed by atoms with Crippen LogP contribution in [0.4, 0.5) is 0 Å². The van der Waals surface area contributed by atoms with Crippen LogP contribution in [0, 0.1) is 11.8 Å². The first-order valence-electron chi connectivity index (χ1n) is 8.92. The van der Waals surface area contributed by atoms with E-state index >= 15 is 0 Å². The van der Waals surface area contributed by atoms with Crippen LogP contribution in [0.5, 0.6) is 0 Å². The van der Waals surface area contributed by atoms with Crippen molar-refractivity contribution in [2.45, 2.75) is 30.9 Å². The summed E-state index contributed by atoms with van der Waals surface area (Å²) in [7, 11) is -3.52. The fourth-order valence-electron chi connectivity index (χ4n) is 3.73. The Morgan fingerprint density at radius 3 is 2.19 bits per heavy atom. The normalized spacial score (nSPS) is 24.9. The van der Waals surface area contributed by atoms with Crippen LogP contribution in [-0.2, 0) is 19.6 Å². The van der Waals surface area contributed by atoms with Gasteiger partial charge < -0.3 is 10.0 Å². The van der Waals surface area contributed by atoms with Gasteiger partial charge in [-0.3, -0.25) is 9.59 Å². The first-order chi connectivity index (χ1) is 12.7. The fourth-order valence-corrected chi connectivity index (χ4v) is 6.30. The zero-order valence-electron chi connectivity index (χ0n) is 15.4. The molecule has 0 spiro atoms. The molecule has 3 rings (SSSR count). The van der Waals surface area contributed by atoms with Crippen molar-refractivity contribution >= 4 is 33.2 Å². The Balaban J connectivity index is 1.69. The molecule has 1 saturated heterocycles. The van der Waals surface area contributed by atoms with Crippen molar-refractivity contribution in [1.29, 1.82) is 0 Å². The summed E-state index contributed by atoms with van der Waals surface area (Å²) in [5.74, 6) is -2.41. The third-order valence-electron chi connectivity index (χ3n) is 5.54. The van der Waals surface area contributed by atoms with E-state index in [1.807, 2.05) is 13.8 Å². The molecular weight excluding hydrogens is 388 g/mol. The van der Waals surface area contributed by atoms with Crippen LogP contribution < -0.4 is 0 Å². The molecule has 2 aliphatic rings. The van der Waals surface area contributed by atoms with Gasteiger partial charge in [0, 0.05) is 26.2 Å². The minimum absolute atomic E-state index is 0.178. The molecule has 148 valence electrons. The second-order valence-electron chi connectivity index (χ2n) is 7.18. The highest BCUT2D eigenvalue weighted by molar-refractivity contribution is 7.91. The largest absolute Gasteiger partial charge is 0.481 e. The highest BCUT2D eigenvalue weighted by Crippen LogP contribution is 2.35. The number of amides is 1. The van der Waals surface area contributed by atoms with Gasteiger partial charge in [-0.1, -0.05) is 17.2 Å². The predicted molar refractivity (Wildman–Crippen MR) is 102 cm³/mol. The van der Waals surface area contributed by atoms with Gasteiger partial charge in [-0.25, -0.2) is 8.42 Å². The average Bonchev–Trinajstić information content (AvgIpc) is 3.18. The van der Waals surface area contributed by atoms with Crippen LogP contribution in [0.15, 0.2) is 32.9 Å². The van der Waals surface area contributed by atoms with E-state index in [4.69, 9.17) is 0 Å². The number of rotatable bonds is 4. The number of nitrogens with zero attached hydrogens (tertiary/aromatic N) is 2. The first-order valence-corrected chi connectivity index (χ1v) is 11.2. The second kappa shape index (κ2) is 7.73. The van der Waals surface area contributed by atoms with Crippen molar-refractivity contribution in [3.05, 3.63) is 28.7 Å². The Labute approximate surface area is 163 Å². The van der Waals surface area contributed by atoms with Gasteiger partial charge >= 0.3 is 5.97 Å². The molecule has 27 heavy (non-hydrogen) atoms. The molecule has 0 unspecified atom stereocenters. The minimum Gasteiger partial charge on any atom is -0.481 e. The highest BCUT2D eigenvalue weighted by atomic mass is 32.2. The summed E-state index contributed by atoms with van der Waals surface area (Å²) in [6, 6.07) is 3.28. The maximum Gasteiger partial charge on any atom is 0.307 e. The number of sulfonamides is 1. The molecule has 0 radical (unpaired) electrons. The van der Waals surface area contributed by atoms with E-state index in [1.165, 1.54) is 15.6 Å². The summed E-state index contributed by atoms with van der Waals surface area (Å²) in [4.78, 5) is 26.2. The molecule has 0 aromatic carbocycles. The van der Waals surface area contributed by atoms with E-state index in [0.717, 1.165) is 11.1 Å². The number of piperazine rings is 1. The van der Waals surface area contributed by atoms with Crippen LogP contribution in [0.3, 0.4) is 0 Å². The summed E-state index contributed by atoms with van der Waals surface area (Å²) in [6.07, 6.45) is 0.847. The number of thiophene rings is 1. The van der Waals surface area contributed by atoms with Crippen molar-refractivity contribution in [2.75, 3.05) is 26.2 Å². The minimum atomic E-state index is -3.52. The number of hydrogen-bond donors (Lipinski definition) is 1. The Morgan fingerprint density at radius 1 is 1.07 bits per heavy atom. The molecule has 1 aromatic heterocycles. The molecule has 2 heterocycles. The van der Waals surface area contributed by atoms with Crippen molar-refractivity contribution < 1.29 is 23.1 Å². The van der Waals surface area contributed by atoms with Crippen LogP contribution in [0.2, 0.25) is 0 Å². The van der Waals surface area contributed by atoms with Crippen molar-refractivity contribution in [1.82, 2.24) is 9.21 Å². The van der Waals surface area contributed by atoms with Crippen LogP contribution >= 0.6 is 11.3 Å². The lowest BCUT2D eigenvalue weighted by Gasteiger charge is -2.38. The predicted octanol–water partition coefficient (Wildman–Crippen LogP) is 2.03. The van der Waals surface area contributed by atoms with E-state index in [1.54, 1.807) is 22.4 Å². The first kappa shape index (κ1) is 20.0. The van der Waals surface area contributed by atoms with Gasteiger partial charge in [0.05, 0.1) is 11.8 Å². The van der Waals surface area contributed by atoms with Crippen LogP contribution in [0.1, 0.15) is 26.7 Å². The Bertz CT molecular complexity index is 852. The van der Waals surface area contributed by atoms with E-state index in [9.17, 15) is 23.1 Å². The number of aliphatic carboxylic acids is 1. The van der Waals surface area contributed by atoms with E-state index in [0.29, 0.717) is 17.1 Å². The van der Waals surface area contributed by atoms with Gasteiger partial charge in [0.25, 0.3) is 10.0 Å². The van der Waals surface area contributed by atoms with E-state index < -0.39 is 27.8 Å². The van der Waals surface area contributed by atoms with Gasteiger partial charge in [0.1, 0.15) is 4.21 Å². The van der Waals surface area contributed by atoms with E-state index in [-0.39, 0.29) is 32.1 Å². The summed E-state index contributed by atoms with van der Waals surface area (Å²) in [6.45, 7) is 4.88. The summed E-state index contributed by atoms with van der Waals surface area (Å²) >= 11 is 1.18. The smallest absolute Gasteiger partial charge is 0.307 e. The molecule has 0 saturated carbocycles. The van der Waals surface area contributed by atoms with Gasteiger partial charge in [0.15, 0.2) is 0 Å². The zero-order chi connectivity index (χ0) is 19.8. The molecule has 1 N–H and O–H groups in total. The summed E-state index contributed by atoms with van der Waals surface area (Å²) in [5, 5.41) is 11.3. The third kappa shape index (κ3) is 3.95. The lowest BCUT2D eigenvalue weighted by Crippen LogP contribution is -2.53. The maximum absolute atomic E-state index is 13.0. The highest BCUT2D eigenvalue weighted by Gasteiger charge is 2.40. The molecule has 1 aliphatic heterocycles. The molecule has 9 heteroatoms. The molecule has 1 aromatic rings. The lowest BCUT2D eigenvalue weighted by molar-refractivity contribution is -0.151. The van der Waals surface area contributed by atoms with Crippen LogP contribution in [0.25, 0.3) is 0 Å². The van der Waals surface area contributed by atoms with E-state index in [2.05, 4.69) is 0 Å². The number of carboxylic acid groups (broad SMARTS) is 1. The summed E-state index contributed by atoms with van der Waals surface area (Å²) < 4.78 is 26.9. The Kier molecular flexibility index (Phi) is 5.73. The van der Waals surface area contributed by atoms with Gasteiger partial charge in [0.2, 0.25) is 5.91 Å². The molecule has 0 bridgehead atoms. The maximum atomic E-state index is 13.0. The quantitative estimate of drug-likeness (QED) is 0.764. The monoisotopic (exact) mass is 412 g/mol. The zero-order valence-corrected chi connectivity index (χ0v) is 17.1. The molecule has 1 aliphatic carbocycles. The topological polar surface area (TPSA) is 95.0 Å². The molecular formula is C18H24N2O5S2. The van der Waals surface area contributed by atoms with Crippen molar-refractivity contribution in [2.24, 2.45) is 11.8 Å².